The molecule has 51 heavy (non-hydrogen) atoms. The van der Waals surface area contributed by atoms with Gasteiger partial charge in [0.1, 0.15) is 42.7 Å². The monoisotopic (exact) mass is 722 g/mol. The van der Waals surface area contributed by atoms with Gasteiger partial charge < -0.3 is 59.1 Å². The number of allylic oxidation sites excluding steroid dienone is 1. The first-order valence-corrected chi connectivity index (χ1v) is 19.8. The van der Waals surface area contributed by atoms with Gasteiger partial charge in [-0.05, 0) is 98.7 Å². The van der Waals surface area contributed by atoms with Crippen LogP contribution in [-0.2, 0) is 28.4 Å². The summed E-state index contributed by atoms with van der Waals surface area (Å²) in [7, 11) is 0. The zero-order valence-electron chi connectivity index (χ0n) is 30.9. The normalized spacial score (nSPS) is 58.4. The first kappa shape index (κ1) is 37.2. The Bertz CT molecular complexity index is 1300. The van der Waals surface area contributed by atoms with Crippen molar-refractivity contribution >= 4 is 0 Å². The van der Waals surface area contributed by atoms with Crippen molar-refractivity contribution in [1.82, 2.24) is 0 Å². The van der Waals surface area contributed by atoms with Crippen molar-refractivity contribution in [3.8, 4) is 0 Å². The van der Waals surface area contributed by atoms with Crippen molar-refractivity contribution in [3.05, 3.63) is 11.6 Å². The number of fused-ring (bicyclic) bond motifs is 7. The van der Waals surface area contributed by atoms with E-state index in [4.69, 9.17) is 28.4 Å². The Morgan fingerprint density at radius 1 is 0.824 bits per heavy atom. The van der Waals surface area contributed by atoms with Crippen LogP contribution in [0, 0.1) is 46.3 Å². The summed E-state index contributed by atoms with van der Waals surface area (Å²) in [5.74, 6) is 2.92. The van der Waals surface area contributed by atoms with Crippen LogP contribution in [0.4, 0.5) is 0 Å². The van der Waals surface area contributed by atoms with E-state index in [9.17, 15) is 30.6 Å². The quantitative estimate of drug-likeness (QED) is 0.229. The van der Waals surface area contributed by atoms with Crippen molar-refractivity contribution in [1.29, 1.82) is 0 Å². The second-order valence-corrected chi connectivity index (χ2v) is 18.3. The van der Waals surface area contributed by atoms with E-state index in [1.807, 2.05) is 0 Å². The number of aliphatic hydroxyl groups is 6. The number of ether oxygens (including phenoxy) is 6. The molecule has 21 atom stereocenters. The highest BCUT2D eigenvalue weighted by Crippen LogP contribution is 2.70. The number of aliphatic hydroxyl groups excluding tert-OH is 6. The van der Waals surface area contributed by atoms with Gasteiger partial charge in [-0.2, -0.15) is 0 Å². The van der Waals surface area contributed by atoms with Crippen LogP contribution < -0.4 is 0 Å². The van der Waals surface area contributed by atoms with Gasteiger partial charge in [0.05, 0.1) is 31.5 Å². The first-order chi connectivity index (χ1) is 24.2. The minimum atomic E-state index is -1.61. The zero-order valence-corrected chi connectivity index (χ0v) is 30.9. The van der Waals surface area contributed by atoms with Gasteiger partial charge in [0.25, 0.3) is 0 Å². The van der Waals surface area contributed by atoms with Gasteiger partial charge in [0.2, 0.25) is 0 Å². The molecule has 7 fully saturated rings. The Kier molecular flexibility index (Phi) is 9.83. The molecule has 0 aromatic carbocycles. The molecule has 4 heterocycles. The molecule has 0 aromatic rings. The molecule has 0 radical (unpaired) electrons. The Hall–Kier alpha value is -0.740. The molecular formula is C39H62O12. The molecule has 8 rings (SSSR count). The van der Waals surface area contributed by atoms with Gasteiger partial charge in [0, 0.05) is 12.3 Å². The van der Waals surface area contributed by atoms with E-state index in [0.717, 1.165) is 38.7 Å². The maximum Gasteiger partial charge on any atom is 0.187 e. The molecule has 6 N–H and O–H groups in total. The first-order valence-electron chi connectivity index (χ1n) is 19.8. The highest BCUT2D eigenvalue weighted by molar-refractivity contribution is 5.26. The largest absolute Gasteiger partial charge is 0.394 e. The Morgan fingerprint density at radius 3 is 2.33 bits per heavy atom. The summed E-state index contributed by atoms with van der Waals surface area (Å²) in [6, 6.07) is 0. The van der Waals surface area contributed by atoms with Crippen molar-refractivity contribution in [2.24, 2.45) is 46.3 Å². The summed E-state index contributed by atoms with van der Waals surface area (Å²) in [5, 5.41) is 62.9. The Morgan fingerprint density at radius 2 is 1.61 bits per heavy atom. The molecule has 4 aliphatic carbocycles. The molecule has 3 unspecified atom stereocenters. The fourth-order valence-electron chi connectivity index (χ4n) is 12.5. The highest BCUT2D eigenvalue weighted by atomic mass is 16.8. The van der Waals surface area contributed by atoms with Gasteiger partial charge in [-0.15, -0.1) is 0 Å². The van der Waals surface area contributed by atoms with Crippen molar-refractivity contribution in [2.45, 2.75) is 172 Å². The minimum Gasteiger partial charge on any atom is -0.394 e. The van der Waals surface area contributed by atoms with E-state index < -0.39 is 73.8 Å². The van der Waals surface area contributed by atoms with Gasteiger partial charge in [-0.1, -0.05) is 39.3 Å². The van der Waals surface area contributed by atoms with Crippen LogP contribution >= 0.6 is 0 Å². The average Bonchev–Trinajstić information content (AvgIpc) is 3.56. The van der Waals surface area contributed by atoms with Gasteiger partial charge in [-0.3, -0.25) is 0 Å². The zero-order chi connectivity index (χ0) is 36.2. The van der Waals surface area contributed by atoms with Crippen molar-refractivity contribution in [3.63, 3.8) is 0 Å². The number of rotatable bonds is 5. The van der Waals surface area contributed by atoms with E-state index in [1.165, 1.54) is 31.8 Å². The van der Waals surface area contributed by atoms with E-state index in [2.05, 4.69) is 33.8 Å². The molecule has 12 heteroatoms. The van der Waals surface area contributed by atoms with Gasteiger partial charge in [-0.25, -0.2) is 0 Å². The van der Waals surface area contributed by atoms with Crippen LogP contribution in [0.5, 0.6) is 0 Å². The van der Waals surface area contributed by atoms with Crippen LogP contribution in [0.15, 0.2) is 11.6 Å². The van der Waals surface area contributed by atoms with Crippen molar-refractivity contribution in [2.75, 3.05) is 13.2 Å². The third kappa shape index (κ3) is 5.84. The fraction of sp³-hybridized carbons (Fsp3) is 0.949. The summed E-state index contributed by atoms with van der Waals surface area (Å²) in [4.78, 5) is 0. The third-order valence-electron chi connectivity index (χ3n) is 15.6. The number of hydrogen-bond donors (Lipinski definition) is 6. The molecule has 8 aliphatic rings. The SMILES string of the molecule is C[C@@H]1CC[C@@]2(OC1)O[C@H]1C[C@H]3[C@@H]4CC=C5CC(OC6O[C@H](CO)[C@@H](O)[C@H](O)[C@H]6OC6O[C@@H](C)[C@H](O)[C@@H](O)[C@H]6O)CC[C@]5(C)[C@H]4CC[C@]3(C)[C@H]1[C@@H]2C. The summed E-state index contributed by atoms with van der Waals surface area (Å²) >= 11 is 0. The lowest BCUT2D eigenvalue weighted by atomic mass is 9.47. The molecular weight excluding hydrogens is 660 g/mol. The van der Waals surface area contributed by atoms with Crippen LogP contribution in [0.25, 0.3) is 0 Å². The summed E-state index contributed by atoms with van der Waals surface area (Å²) in [6.45, 7) is 11.5. The molecule has 4 saturated heterocycles. The summed E-state index contributed by atoms with van der Waals surface area (Å²) < 4.78 is 37.6. The van der Waals surface area contributed by atoms with E-state index in [1.54, 1.807) is 0 Å². The van der Waals surface area contributed by atoms with E-state index in [-0.39, 0.29) is 23.0 Å². The molecule has 0 amide bonds. The smallest absolute Gasteiger partial charge is 0.187 e. The lowest BCUT2D eigenvalue weighted by Crippen LogP contribution is -2.64. The topological polar surface area (TPSA) is 177 Å². The predicted octanol–water partition coefficient (Wildman–Crippen LogP) is 2.39. The minimum absolute atomic E-state index is 0.0535. The average molecular weight is 723 g/mol. The number of hydrogen-bond acceptors (Lipinski definition) is 12. The Balaban J connectivity index is 0.964. The van der Waals surface area contributed by atoms with Gasteiger partial charge >= 0.3 is 0 Å². The second-order valence-electron chi connectivity index (χ2n) is 18.3. The van der Waals surface area contributed by atoms with Crippen molar-refractivity contribution < 1.29 is 59.1 Å². The van der Waals surface area contributed by atoms with Crippen LogP contribution in [0.3, 0.4) is 0 Å². The highest BCUT2D eigenvalue weighted by Gasteiger charge is 2.68. The lowest BCUT2D eigenvalue weighted by molar-refractivity contribution is -0.369. The fourth-order valence-corrected chi connectivity index (χ4v) is 12.5. The molecule has 0 bridgehead atoms. The van der Waals surface area contributed by atoms with Gasteiger partial charge in [0.15, 0.2) is 18.4 Å². The molecule has 3 saturated carbocycles. The molecule has 290 valence electrons. The van der Waals surface area contributed by atoms with Crippen LogP contribution in [-0.4, -0.2) is 123 Å². The molecule has 0 aromatic heterocycles. The molecule has 12 nitrogen and oxygen atoms in total. The third-order valence-corrected chi connectivity index (χ3v) is 15.6. The molecule has 1 spiro atoms. The lowest BCUT2D eigenvalue weighted by Gasteiger charge is -2.58. The van der Waals surface area contributed by atoms with Crippen LogP contribution in [0.2, 0.25) is 0 Å². The maximum atomic E-state index is 11.1. The summed E-state index contributed by atoms with van der Waals surface area (Å²) in [6.07, 6.45) is -1.68. The Labute approximate surface area is 301 Å². The van der Waals surface area contributed by atoms with E-state index in [0.29, 0.717) is 41.9 Å². The molecule has 4 aliphatic heterocycles. The van der Waals surface area contributed by atoms with Crippen LogP contribution in [0.1, 0.15) is 92.4 Å². The predicted molar refractivity (Wildman–Crippen MR) is 182 cm³/mol. The summed E-state index contributed by atoms with van der Waals surface area (Å²) in [5.41, 5.74) is 1.70. The van der Waals surface area contributed by atoms with E-state index >= 15 is 0 Å². The second kappa shape index (κ2) is 13.5. The maximum absolute atomic E-state index is 11.1. The standard InChI is InChI=1S/C39H62O12/c1-18-8-13-39(46-17-18)19(2)28-26(51-39)15-25-23-7-6-21-14-22(9-11-37(21,4)24(23)10-12-38(25,28)5)48-36-34(32(44)30(42)27(16-40)49-36)50-35-33(45)31(43)29(41)20(3)47-35/h6,18-20,22-36,40-45H,7-17H2,1-5H3/t18-,19+,20+,22?,23-,24+,25+,26+,27-,28+,29+,30-,31-,32+,33-,34-,35?,36?,37+,38+,39-/m1/s1.